The minimum Gasteiger partial charge on any atom is -0.375 e. The molecule has 3 heteroatoms. The summed E-state index contributed by atoms with van der Waals surface area (Å²) in [7, 11) is 0. The Morgan fingerprint density at radius 1 is 2.00 bits per heavy atom. The van der Waals surface area contributed by atoms with Gasteiger partial charge in [-0.05, 0) is 17.9 Å². The fourth-order valence-electron chi connectivity index (χ4n) is 0.247. The number of hydrogen-bond acceptors (Lipinski definition) is 3. The van der Waals surface area contributed by atoms with Gasteiger partial charge < -0.3 is 10.8 Å². The molecule has 0 aromatic carbocycles. The molecule has 0 amide bonds. The zero-order valence-electron chi connectivity index (χ0n) is 4.13. The molecule has 0 saturated carbocycles. The van der Waals surface area contributed by atoms with Crippen LogP contribution in [0.3, 0.4) is 0 Å². The van der Waals surface area contributed by atoms with Gasteiger partial charge >= 0.3 is 0 Å². The molecule has 2 nitrogen and oxygen atoms in total. The van der Waals surface area contributed by atoms with E-state index in [0.29, 0.717) is 0 Å². The van der Waals surface area contributed by atoms with Crippen LogP contribution in [0.4, 0.5) is 0 Å². The van der Waals surface area contributed by atoms with E-state index in [1.807, 2.05) is 0 Å². The molecule has 0 spiro atoms. The maximum absolute atomic E-state index is 8.38. The minimum absolute atomic E-state index is 0.731. The van der Waals surface area contributed by atoms with Gasteiger partial charge in [-0.1, -0.05) is 0 Å². The molecule has 0 rings (SSSR count). The fourth-order valence-corrected chi connectivity index (χ4v) is 0.400. The van der Waals surface area contributed by atoms with Crippen LogP contribution in [0.15, 0.2) is 11.0 Å². The number of aliphatic hydroxyl groups excluding tert-OH is 1. The average molecular weight is 119 g/mol. The largest absolute Gasteiger partial charge is 0.375 e. The van der Waals surface area contributed by atoms with Crippen molar-refractivity contribution >= 4 is 12.6 Å². The van der Waals surface area contributed by atoms with E-state index in [1.54, 1.807) is 6.92 Å². The van der Waals surface area contributed by atoms with Crippen molar-refractivity contribution in [2.45, 2.75) is 13.2 Å². The quantitative estimate of drug-likeness (QED) is 0.338. The van der Waals surface area contributed by atoms with Gasteiger partial charge in [-0.3, -0.25) is 0 Å². The zero-order chi connectivity index (χ0) is 5.86. The molecule has 1 atom stereocenters. The third-order valence-corrected chi connectivity index (χ3v) is 0.561. The topological polar surface area (TPSA) is 46.2 Å². The maximum Gasteiger partial charge on any atom is 0.122 e. The van der Waals surface area contributed by atoms with Crippen molar-refractivity contribution < 1.29 is 5.11 Å². The molecule has 0 unspecified atom stereocenters. The summed E-state index contributed by atoms with van der Waals surface area (Å²) in [5, 5.41) is 8.38. The van der Waals surface area contributed by atoms with Gasteiger partial charge in [-0.25, -0.2) is 0 Å². The Kier molecular flexibility index (Phi) is 3.07. The Balaban J connectivity index is 3.45. The first-order valence-corrected chi connectivity index (χ1v) is 2.38. The number of aliphatic hydroxyl groups is 1. The second-order valence-electron chi connectivity index (χ2n) is 1.30. The molecule has 0 aliphatic carbocycles. The van der Waals surface area contributed by atoms with Gasteiger partial charge in [0.25, 0.3) is 0 Å². The third kappa shape index (κ3) is 6.01. The van der Waals surface area contributed by atoms with Crippen molar-refractivity contribution in [1.29, 1.82) is 0 Å². The Labute approximate surface area is 48.4 Å². The average Bonchev–Trinajstić information content (AvgIpc) is 1.27. The summed E-state index contributed by atoms with van der Waals surface area (Å²) in [4.78, 5) is 0.731. The van der Waals surface area contributed by atoms with Crippen LogP contribution in [0.5, 0.6) is 0 Å². The SMILES string of the molecule is C/C(S)=C\[C@H](N)O. The van der Waals surface area contributed by atoms with Crippen LogP contribution < -0.4 is 5.73 Å². The van der Waals surface area contributed by atoms with E-state index in [1.165, 1.54) is 6.08 Å². The van der Waals surface area contributed by atoms with Crippen molar-refractivity contribution in [3.8, 4) is 0 Å². The lowest BCUT2D eigenvalue weighted by Gasteiger charge is -1.92. The molecular weight excluding hydrogens is 110 g/mol. The molecule has 7 heavy (non-hydrogen) atoms. The van der Waals surface area contributed by atoms with Crippen LogP contribution in [0.1, 0.15) is 6.92 Å². The summed E-state index contributed by atoms with van der Waals surface area (Å²) in [5.41, 5.74) is 4.92. The Morgan fingerprint density at radius 2 is 2.43 bits per heavy atom. The number of thiol groups is 1. The van der Waals surface area contributed by atoms with E-state index >= 15 is 0 Å². The Bertz CT molecular complexity index is 75.8. The summed E-state index contributed by atoms with van der Waals surface area (Å²) in [6, 6.07) is 0. The highest BCUT2D eigenvalue weighted by Gasteiger charge is 1.84. The molecule has 0 aromatic heterocycles. The number of hydrogen-bond donors (Lipinski definition) is 3. The lowest BCUT2D eigenvalue weighted by Crippen LogP contribution is -2.14. The molecule has 0 aromatic rings. The second-order valence-corrected chi connectivity index (χ2v) is 2.00. The lowest BCUT2D eigenvalue weighted by molar-refractivity contribution is 0.231. The van der Waals surface area contributed by atoms with Crippen molar-refractivity contribution in [3.63, 3.8) is 0 Å². The highest BCUT2D eigenvalue weighted by atomic mass is 32.1. The number of rotatable bonds is 1. The van der Waals surface area contributed by atoms with Crippen LogP contribution in [0.25, 0.3) is 0 Å². The monoisotopic (exact) mass is 119 g/mol. The number of nitrogens with two attached hydrogens (primary N) is 1. The predicted octanol–water partition coefficient (Wildman–Crippen LogP) is 0.0971. The molecule has 42 valence electrons. The van der Waals surface area contributed by atoms with Crippen LogP contribution in [0.2, 0.25) is 0 Å². The molecule has 0 fully saturated rings. The molecule has 0 aliphatic rings. The molecular formula is C4H9NOS. The van der Waals surface area contributed by atoms with Crippen LogP contribution in [-0.4, -0.2) is 11.3 Å². The van der Waals surface area contributed by atoms with Crippen LogP contribution in [0, 0.1) is 0 Å². The van der Waals surface area contributed by atoms with E-state index in [2.05, 4.69) is 12.6 Å². The van der Waals surface area contributed by atoms with Gasteiger partial charge in [0.15, 0.2) is 0 Å². The Morgan fingerprint density at radius 3 is 2.43 bits per heavy atom. The highest BCUT2D eigenvalue weighted by Crippen LogP contribution is 1.95. The van der Waals surface area contributed by atoms with Gasteiger partial charge in [-0.2, -0.15) is 0 Å². The van der Waals surface area contributed by atoms with Gasteiger partial charge in [0.05, 0.1) is 0 Å². The van der Waals surface area contributed by atoms with E-state index in [0.717, 1.165) is 4.91 Å². The fraction of sp³-hybridized carbons (Fsp3) is 0.500. The highest BCUT2D eigenvalue weighted by molar-refractivity contribution is 7.84. The van der Waals surface area contributed by atoms with E-state index in [4.69, 9.17) is 10.8 Å². The van der Waals surface area contributed by atoms with Crippen LogP contribution in [-0.2, 0) is 0 Å². The maximum atomic E-state index is 8.38. The zero-order valence-corrected chi connectivity index (χ0v) is 5.02. The van der Waals surface area contributed by atoms with Gasteiger partial charge in [0, 0.05) is 0 Å². The smallest absolute Gasteiger partial charge is 0.122 e. The van der Waals surface area contributed by atoms with E-state index in [-0.39, 0.29) is 0 Å². The standard InChI is InChI=1S/C4H9NOS/c1-3(7)2-4(5)6/h2,4,6-7H,5H2,1H3/b3-2+/t4-/m1/s1. The minimum atomic E-state index is -0.863. The van der Waals surface area contributed by atoms with Gasteiger partial charge in [-0.15, -0.1) is 12.6 Å². The molecule has 0 aliphatic heterocycles. The first-order valence-electron chi connectivity index (χ1n) is 1.94. The van der Waals surface area contributed by atoms with E-state index < -0.39 is 6.23 Å². The van der Waals surface area contributed by atoms with Crippen molar-refractivity contribution in [2.24, 2.45) is 5.73 Å². The molecule has 0 saturated heterocycles. The summed E-state index contributed by atoms with van der Waals surface area (Å²) < 4.78 is 0. The molecule has 0 heterocycles. The summed E-state index contributed by atoms with van der Waals surface area (Å²) >= 11 is 3.86. The molecule has 0 bridgehead atoms. The van der Waals surface area contributed by atoms with E-state index in [9.17, 15) is 0 Å². The summed E-state index contributed by atoms with van der Waals surface area (Å²) in [6.45, 7) is 1.75. The first kappa shape index (κ1) is 7.01. The van der Waals surface area contributed by atoms with Crippen molar-refractivity contribution in [2.75, 3.05) is 0 Å². The van der Waals surface area contributed by atoms with Crippen molar-refractivity contribution in [3.05, 3.63) is 11.0 Å². The van der Waals surface area contributed by atoms with Gasteiger partial charge in [0.1, 0.15) is 6.23 Å². The van der Waals surface area contributed by atoms with Crippen molar-refractivity contribution in [1.82, 2.24) is 0 Å². The Hall–Kier alpha value is 0.01000. The summed E-state index contributed by atoms with van der Waals surface area (Å²) in [5.74, 6) is 0. The third-order valence-electron chi connectivity index (χ3n) is 0.412. The first-order chi connectivity index (χ1) is 3.13. The second kappa shape index (κ2) is 3.07. The number of allylic oxidation sites excluding steroid dienone is 1. The predicted molar refractivity (Wildman–Crippen MR) is 32.9 cm³/mol. The van der Waals surface area contributed by atoms with Crippen LogP contribution >= 0.6 is 12.6 Å². The molecule has 3 N–H and O–H groups in total. The normalized spacial score (nSPS) is 16.9. The summed E-state index contributed by atoms with van der Waals surface area (Å²) in [6.07, 6.45) is 0.584. The molecule has 0 radical (unpaired) electrons. The van der Waals surface area contributed by atoms with Gasteiger partial charge in [0.2, 0.25) is 0 Å². The lowest BCUT2D eigenvalue weighted by atomic mass is 10.5.